The van der Waals surface area contributed by atoms with Gasteiger partial charge in [0, 0.05) is 0 Å². The van der Waals surface area contributed by atoms with Crippen LogP contribution in [0.2, 0.25) is 0 Å². The Kier molecular flexibility index (Phi) is 5.92. The number of aryl methyl sites for hydroxylation is 2. The number of benzene rings is 1. The molecule has 0 aliphatic rings. The molecule has 0 saturated heterocycles. The maximum absolute atomic E-state index is 3.84. The Bertz CT molecular complexity index is 323. The highest BCUT2D eigenvalue weighted by Crippen LogP contribution is 2.18. The van der Waals surface area contributed by atoms with Gasteiger partial charge in [-0.3, -0.25) is 0 Å². The number of hydrogen-bond acceptors (Lipinski definition) is 0. The molecule has 1 rings (SSSR count). The molecule has 0 amide bonds. The fourth-order valence-corrected chi connectivity index (χ4v) is 1.98. The third kappa shape index (κ3) is 3.84. The molecule has 0 spiro atoms. The SMILES string of the molecule is C=Cc1ccc(CCCC)c(CCCC)c1. The van der Waals surface area contributed by atoms with Crippen molar-refractivity contribution < 1.29 is 0 Å². The Hall–Kier alpha value is -1.04. The largest absolute Gasteiger partial charge is 0.0985 e. The summed E-state index contributed by atoms with van der Waals surface area (Å²) in [5.74, 6) is 0. The summed E-state index contributed by atoms with van der Waals surface area (Å²) in [5.41, 5.74) is 4.33. The van der Waals surface area contributed by atoms with Crippen molar-refractivity contribution >= 4 is 6.08 Å². The Morgan fingerprint density at radius 2 is 1.62 bits per heavy atom. The zero-order chi connectivity index (χ0) is 11.8. The van der Waals surface area contributed by atoms with Crippen molar-refractivity contribution in [2.24, 2.45) is 0 Å². The molecule has 1 aromatic carbocycles. The van der Waals surface area contributed by atoms with E-state index in [2.05, 4.69) is 38.6 Å². The highest BCUT2D eigenvalue weighted by atomic mass is 14.1. The first kappa shape index (κ1) is 13.0. The average Bonchev–Trinajstić information content (AvgIpc) is 2.34. The van der Waals surface area contributed by atoms with Gasteiger partial charge in [0.25, 0.3) is 0 Å². The summed E-state index contributed by atoms with van der Waals surface area (Å²) in [6.45, 7) is 8.35. The summed E-state index contributed by atoms with van der Waals surface area (Å²) in [6, 6.07) is 6.79. The summed E-state index contributed by atoms with van der Waals surface area (Å²) in [4.78, 5) is 0. The molecule has 16 heavy (non-hydrogen) atoms. The minimum Gasteiger partial charge on any atom is -0.0985 e. The molecule has 0 aromatic heterocycles. The van der Waals surface area contributed by atoms with E-state index in [1.165, 1.54) is 49.7 Å². The molecule has 0 atom stereocenters. The molecule has 0 nitrogen and oxygen atoms in total. The van der Waals surface area contributed by atoms with E-state index in [1.54, 1.807) is 5.56 Å². The van der Waals surface area contributed by atoms with Crippen LogP contribution in [-0.4, -0.2) is 0 Å². The number of hydrogen-bond donors (Lipinski definition) is 0. The molecule has 0 aliphatic heterocycles. The van der Waals surface area contributed by atoms with E-state index in [0.29, 0.717) is 0 Å². The van der Waals surface area contributed by atoms with Crippen molar-refractivity contribution in [2.75, 3.05) is 0 Å². The topological polar surface area (TPSA) is 0 Å². The second kappa shape index (κ2) is 7.27. The van der Waals surface area contributed by atoms with Crippen LogP contribution in [0.5, 0.6) is 0 Å². The van der Waals surface area contributed by atoms with Gasteiger partial charge < -0.3 is 0 Å². The van der Waals surface area contributed by atoms with Crippen LogP contribution in [0.25, 0.3) is 6.08 Å². The molecule has 0 fully saturated rings. The fraction of sp³-hybridized carbons (Fsp3) is 0.500. The second-order valence-corrected chi connectivity index (χ2v) is 4.44. The van der Waals surface area contributed by atoms with E-state index >= 15 is 0 Å². The molecule has 0 unspecified atom stereocenters. The van der Waals surface area contributed by atoms with Crippen LogP contribution in [0.1, 0.15) is 56.2 Å². The van der Waals surface area contributed by atoms with Crippen LogP contribution >= 0.6 is 0 Å². The van der Waals surface area contributed by atoms with E-state index in [1.807, 2.05) is 6.08 Å². The van der Waals surface area contributed by atoms with Crippen molar-refractivity contribution in [3.8, 4) is 0 Å². The lowest BCUT2D eigenvalue weighted by atomic mass is 9.96. The first-order valence-corrected chi connectivity index (χ1v) is 6.56. The Labute approximate surface area is 100 Å². The third-order valence-electron chi connectivity index (χ3n) is 3.07. The molecule has 88 valence electrons. The molecule has 0 heteroatoms. The fourth-order valence-electron chi connectivity index (χ4n) is 1.98. The van der Waals surface area contributed by atoms with Crippen LogP contribution in [0, 0.1) is 0 Å². The van der Waals surface area contributed by atoms with Gasteiger partial charge in [-0.25, -0.2) is 0 Å². The average molecular weight is 216 g/mol. The Balaban J connectivity index is 2.82. The van der Waals surface area contributed by atoms with E-state index in [9.17, 15) is 0 Å². The van der Waals surface area contributed by atoms with Gasteiger partial charge in [-0.05, 0) is 42.4 Å². The second-order valence-electron chi connectivity index (χ2n) is 4.44. The summed E-state index contributed by atoms with van der Waals surface area (Å²) >= 11 is 0. The van der Waals surface area contributed by atoms with Crippen LogP contribution < -0.4 is 0 Å². The Morgan fingerprint density at radius 1 is 1.00 bits per heavy atom. The first-order valence-electron chi connectivity index (χ1n) is 6.56. The minimum atomic E-state index is 1.22. The number of unbranched alkanes of at least 4 members (excludes halogenated alkanes) is 2. The van der Waals surface area contributed by atoms with Gasteiger partial charge in [0.2, 0.25) is 0 Å². The predicted molar refractivity (Wildman–Crippen MR) is 73.8 cm³/mol. The lowest BCUT2D eigenvalue weighted by molar-refractivity contribution is 0.758. The highest BCUT2D eigenvalue weighted by Gasteiger charge is 2.02. The zero-order valence-electron chi connectivity index (χ0n) is 10.8. The quantitative estimate of drug-likeness (QED) is 0.600. The van der Waals surface area contributed by atoms with E-state index in [-0.39, 0.29) is 0 Å². The van der Waals surface area contributed by atoms with Gasteiger partial charge in [0.1, 0.15) is 0 Å². The smallest absolute Gasteiger partial charge is 0.0260 e. The van der Waals surface area contributed by atoms with Gasteiger partial charge in [-0.2, -0.15) is 0 Å². The summed E-state index contributed by atoms with van der Waals surface area (Å²) < 4.78 is 0. The molecular formula is C16H24. The lowest BCUT2D eigenvalue weighted by Gasteiger charge is -2.10. The van der Waals surface area contributed by atoms with Gasteiger partial charge in [-0.1, -0.05) is 57.5 Å². The van der Waals surface area contributed by atoms with Crippen molar-refractivity contribution in [2.45, 2.75) is 52.4 Å². The van der Waals surface area contributed by atoms with Crippen molar-refractivity contribution in [1.82, 2.24) is 0 Å². The van der Waals surface area contributed by atoms with E-state index in [0.717, 1.165) is 0 Å². The lowest BCUT2D eigenvalue weighted by Crippen LogP contribution is -1.95. The van der Waals surface area contributed by atoms with Gasteiger partial charge in [0.15, 0.2) is 0 Å². The molecule has 0 N–H and O–H groups in total. The summed E-state index contributed by atoms with van der Waals surface area (Å²) in [5, 5.41) is 0. The monoisotopic (exact) mass is 216 g/mol. The van der Waals surface area contributed by atoms with Crippen LogP contribution in [0.4, 0.5) is 0 Å². The van der Waals surface area contributed by atoms with Crippen LogP contribution in [-0.2, 0) is 12.8 Å². The standard InChI is InChI=1S/C16H24/c1-4-7-9-15-12-11-14(6-3)13-16(15)10-8-5-2/h6,11-13H,3-5,7-10H2,1-2H3. The molecule has 0 saturated carbocycles. The van der Waals surface area contributed by atoms with Crippen LogP contribution in [0.15, 0.2) is 24.8 Å². The van der Waals surface area contributed by atoms with Crippen molar-refractivity contribution in [1.29, 1.82) is 0 Å². The van der Waals surface area contributed by atoms with E-state index in [4.69, 9.17) is 0 Å². The maximum Gasteiger partial charge on any atom is -0.0260 e. The van der Waals surface area contributed by atoms with Crippen molar-refractivity contribution in [3.63, 3.8) is 0 Å². The normalized spacial score (nSPS) is 10.4. The summed E-state index contributed by atoms with van der Waals surface area (Å²) in [6.07, 6.45) is 9.53. The summed E-state index contributed by atoms with van der Waals surface area (Å²) in [7, 11) is 0. The molecular weight excluding hydrogens is 192 g/mol. The molecule has 0 heterocycles. The zero-order valence-corrected chi connectivity index (χ0v) is 10.8. The highest BCUT2D eigenvalue weighted by molar-refractivity contribution is 5.50. The Morgan fingerprint density at radius 3 is 2.19 bits per heavy atom. The van der Waals surface area contributed by atoms with Gasteiger partial charge >= 0.3 is 0 Å². The third-order valence-corrected chi connectivity index (χ3v) is 3.07. The van der Waals surface area contributed by atoms with Crippen molar-refractivity contribution in [3.05, 3.63) is 41.5 Å². The van der Waals surface area contributed by atoms with E-state index < -0.39 is 0 Å². The van der Waals surface area contributed by atoms with Gasteiger partial charge in [-0.15, -0.1) is 0 Å². The molecule has 0 aliphatic carbocycles. The number of rotatable bonds is 7. The molecule has 0 bridgehead atoms. The minimum absolute atomic E-state index is 1.22. The predicted octanol–water partition coefficient (Wildman–Crippen LogP) is 5.01. The molecule has 1 aromatic rings. The molecule has 0 radical (unpaired) electrons. The van der Waals surface area contributed by atoms with Crippen LogP contribution in [0.3, 0.4) is 0 Å². The van der Waals surface area contributed by atoms with Gasteiger partial charge in [0.05, 0.1) is 0 Å². The maximum atomic E-state index is 3.84. The first-order chi connectivity index (χ1) is 7.81.